The monoisotopic (exact) mass is 490 g/mol. The predicted octanol–water partition coefficient (Wildman–Crippen LogP) is 5.36. The second-order valence-corrected chi connectivity index (χ2v) is 9.28. The lowest BCUT2D eigenvalue weighted by molar-refractivity contribution is -0.135. The molecule has 1 saturated heterocycles. The van der Waals surface area contributed by atoms with Gasteiger partial charge in [0.1, 0.15) is 0 Å². The Morgan fingerprint density at radius 3 is 2.53 bits per heavy atom. The van der Waals surface area contributed by atoms with Gasteiger partial charge < -0.3 is 9.64 Å². The van der Waals surface area contributed by atoms with Gasteiger partial charge in [0.15, 0.2) is 11.0 Å². The number of hydrogen-bond donors (Lipinski definition) is 0. The Kier molecular flexibility index (Phi) is 8.08. The van der Waals surface area contributed by atoms with E-state index >= 15 is 0 Å². The number of halogens is 2. The highest BCUT2D eigenvalue weighted by molar-refractivity contribution is 7.99. The minimum atomic E-state index is 0.212. The number of morpholine rings is 1. The number of rotatable bonds is 8. The van der Waals surface area contributed by atoms with E-state index in [1.54, 1.807) is 17.8 Å². The van der Waals surface area contributed by atoms with Crippen LogP contribution in [-0.4, -0.2) is 57.6 Å². The SMILES string of the molecule is O=C(CCCCSc1nnc(-c2ccccc2)n1-c1ccc(Cl)c(Cl)c1)N1CCOCC1. The molecule has 0 unspecified atom stereocenters. The Morgan fingerprint density at radius 2 is 1.78 bits per heavy atom. The van der Waals surface area contributed by atoms with Gasteiger partial charge in [0.05, 0.1) is 28.9 Å². The first-order valence-corrected chi connectivity index (χ1v) is 12.3. The number of unbranched alkanes of at least 4 members (excludes halogenated alkanes) is 1. The summed E-state index contributed by atoms with van der Waals surface area (Å²) in [6, 6.07) is 15.4. The second kappa shape index (κ2) is 11.2. The van der Waals surface area contributed by atoms with Crippen LogP contribution in [0.4, 0.5) is 0 Å². The van der Waals surface area contributed by atoms with Crippen LogP contribution in [0.1, 0.15) is 19.3 Å². The average Bonchev–Trinajstić information content (AvgIpc) is 3.25. The Hall–Kier alpha value is -2.06. The molecule has 6 nitrogen and oxygen atoms in total. The van der Waals surface area contributed by atoms with Crippen LogP contribution in [0.25, 0.3) is 17.1 Å². The minimum absolute atomic E-state index is 0.212. The molecule has 3 aromatic rings. The van der Waals surface area contributed by atoms with Gasteiger partial charge in [-0.25, -0.2) is 0 Å². The number of hydrogen-bond acceptors (Lipinski definition) is 5. The quantitative estimate of drug-likeness (QED) is 0.314. The maximum Gasteiger partial charge on any atom is 0.222 e. The number of ether oxygens (including phenoxy) is 1. The van der Waals surface area contributed by atoms with Crippen molar-refractivity contribution in [1.29, 1.82) is 0 Å². The summed E-state index contributed by atoms with van der Waals surface area (Å²) in [7, 11) is 0. The zero-order valence-electron chi connectivity index (χ0n) is 17.5. The number of thioether (sulfide) groups is 1. The van der Waals surface area contributed by atoms with Crippen LogP contribution in [0, 0.1) is 0 Å². The van der Waals surface area contributed by atoms with E-state index in [9.17, 15) is 4.79 Å². The first-order valence-electron chi connectivity index (χ1n) is 10.6. The molecule has 0 saturated carbocycles. The summed E-state index contributed by atoms with van der Waals surface area (Å²) in [5.41, 5.74) is 1.82. The van der Waals surface area contributed by atoms with Gasteiger partial charge in [-0.2, -0.15) is 0 Å². The van der Waals surface area contributed by atoms with Crippen LogP contribution in [0.5, 0.6) is 0 Å². The lowest BCUT2D eigenvalue weighted by Crippen LogP contribution is -2.40. The van der Waals surface area contributed by atoms with Gasteiger partial charge in [0, 0.05) is 30.8 Å². The van der Waals surface area contributed by atoms with Crippen molar-refractivity contribution < 1.29 is 9.53 Å². The zero-order valence-corrected chi connectivity index (χ0v) is 19.9. The molecule has 0 spiro atoms. The van der Waals surface area contributed by atoms with Crippen LogP contribution in [0.3, 0.4) is 0 Å². The molecule has 0 bridgehead atoms. The van der Waals surface area contributed by atoms with E-state index in [4.69, 9.17) is 27.9 Å². The summed E-state index contributed by atoms with van der Waals surface area (Å²) in [6.45, 7) is 2.66. The molecule has 32 heavy (non-hydrogen) atoms. The molecule has 1 aliphatic heterocycles. The van der Waals surface area contributed by atoms with Crippen LogP contribution >= 0.6 is 35.0 Å². The molecule has 1 fully saturated rings. The summed E-state index contributed by atoms with van der Waals surface area (Å²) >= 11 is 14.0. The molecule has 2 aromatic carbocycles. The van der Waals surface area contributed by atoms with E-state index in [1.165, 1.54) is 0 Å². The van der Waals surface area contributed by atoms with Gasteiger partial charge >= 0.3 is 0 Å². The third-order valence-corrected chi connectivity index (χ3v) is 6.96. The number of carbonyl (C=O) groups excluding carboxylic acids is 1. The zero-order chi connectivity index (χ0) is 22.3. The third-order valence-electron chi connectivity index (χ3n) is 5.21. The van der Waals surface area contributed by atoms with Gasteiger partial charge in [-0.1, -0.05) is 65.3 Å². The summed E-state index contributed by atoms with van der Waals surface area (Å²) in [6.07, 6.45) is 2.32. The molecule has 1 amide bonds. The number of carbonyl (C=O) groups is 1. The van der Waals surface area contributed by atoms with E-state index in [0.29, 0.717) is 42.8 Å². The number of amides is 1. The molecule has 9 heteroatoms. The lowest BCUT2D eigenvalue weighted by atomic mass is 10.2. The molecule has 1 aliphatic rings. The molecule has 0 aliphatic carbocycles. The molecule has 4 rings (SSSR count). The van der Waals surface area contributed by atoms with E-state index in [2.05, 4.69) is 10.2 Å². The molecule has 2 heterocycles. The van der Waals surface area contributed by atoms with Crippen molar-refractivity contribution in [3.05, 3.63) is 58.6 Å². The Labute approximate surface area is 201 Å². The van der Waals surface area contributed by atoms with Gasteiger partial charge in [-0.3, -0.25) is 9.36 Å². The molecule has 0 N–H and O–H groups in total. The first kappa shape index (κ1) is 23.1. The van der Waals surface area contributed by atoms with Crippen LogP contribution in [0.15, 0.2) is 53.7 Å². The smallest absolute Gasteiger partial charge is 0.222 e. The Balaban J connectivity index is 1.43. The van der Waals surface area contributed by atoms with Gasteiger partial charge in [0.2, 0.25) is 5.91 Å². The lowest BCUT2D eigenvalue weighted by Gasteiger charge is -2.26. The van der Waals surface area contributed by atoms with Crippen LogP contribution in [-0.2, 0) is 9.53 Å². The van der Waals surface area contributed by atoms with Crippen LogP contribution in [0.2, 0.25) is 10.0 Å². The first-order chi connectivity index (χ1) is 15.6. The molecule has 0 atom stereocenters. The highest BCUT2D eigenvalue weighted by Crippen LogP contribution is 2.31. The van der Waals surface area contributed by atoms with Gasteiger partial charge in [0.25, 0.3) is 0 Å². The summed E-state index contributed by atoms with van der Waals surface area (Å²) in [5, 5.41) is 10.6. The normalized spacial score (nSPS) is 14.0. The largest absolute Gasteiger partial charge is 0.378 e. The number of benzene rings is 2. The molecular weight excluding hydrogens is 467 g/mol. The van der Waals surface area contributed by atoms with Crippen molar-refractivity contribution in [2.75, 3.05) is 32.1 Å². The fourth-order valence-corrected chi connectivity index (χ4v) is 4.75. The Bertz CT molecular complexity index is 1060. The molecule has 168 valence electrons. The fourth-order valence-electron chi connectivity index (χ4n) is 3.51. The summed E-state index contributed by atoms with van der Waals surface area (Å²) < 4.78 is 7.31. The van der Waals surface area contributed by atoms with E-state index in [1.807, 2.05) is 51.9 Å². The Morgan fingerprint density at radius 1 is 1.00 bits per heavy atom. The third kappa shape index (κ3) is 5.64. The van der Waals surface area contributed by atoms with Crippen molar-refractivity contribution in [3.63, 3.8) is 0 Å². The van der Waals surface area contributed by atoms with Gasteiger partial charge in [-0.05, 0) is 31.0 Å². The van der Waals surface area contributed by atoms with E-state index in [0.717, 1.165) is 40.8 Å². The minimum Gasteiger partial charge on any atom is -0.378 e. The number of aromatic nitrogens is 3. The highest BCUT2D eigenvalue weighted by atomic mass is 35.5. The van der Waals surface area contributed by atoms with E-state index in [-0.39, 0.29) is 5.91 Å². The van der Waals surface area contributed by atoms with Gasteiger partial charge in [-0.15, -0.1) is 10.2 Å². The molecular formula is C23H24Cl2N4O2S. The van der Waals surface area contributed by atoms with Crippen LogP contribution < -0.4 is 0 Å². The number of nitrogens with zero attached hydrogens (tertiary/aromatic N) is 4. The highest BCUT2D eigenvalue weighted by Gasteiger charge is 2.18. The maximum atomic E-state index is 12.3. The second-order valence-electron chi connectivity index (χ2n) is 7.40. The maximum absolute atomic E-state index is 12.3. The molecule has 0 radical (unpaired) electrons. The standard InChI is InChI=1S/C23H24Cl2N4O2S/c24-19-10-9-18(16-20(19)25)29-22(17-6-2-1-3-7-17)26-27-23(29)32-15-5-4-8-21(30)28-11-13-31-14-12-28/h1-3,6-7,9-10,16H,4-5,8,11-15H2. The van der Waals surface area contributed by atoms with Crippen molar-refractivity contribution >= 4 is 40.9 Å². The van der Waals surface area contributed by atoms with Crippen molar-refractivity contribution in [2.24, 2.45) is 0 Å². The fraction of sp³-hybridized carbons (Fsp3) is 0.348. The predicted molar refractivity (Wildman–Crippen MR) is 129 cm³/mol. The summed E-state index contributed by atoms with van der Waals surface area (Å²) in [4.78, 5) is 14.2. The average molecular weight is 491 g/mol. The molecule has 1 aromatic heterocycles. The van der Waals surface area contributed by atoms with Crippen molar-refractivity contribution in [1.82, 2.24) is 19.7 Å². The summed E-state index contributed by atoms with van der Waals surface area (Å²) in [5.74, 6) is 1.79. The topological polar surface area (TPSA) is 60.2 Å². The van der Waals surface area contributed by atoms with E-state index < -0.39 is 0 Å². The van der Waals surface area contributed by atoms with Crippen molar-refractivity contribution in [3.8, 4) is 17.1 Å². The van der Waals surface area contributed by atoms with Crippen molar-refractivity contribution in [2.45, 2.75) is 24.4 Å².